The number of non-ortho nitro benzene ring substituents is 1. The van der Waals surface area contributed by atoms with Crippen LogP contribution in [0.25, 0.3) is 0 Å². The molecule has 2 aromatic rings. The monoisotopic (exact) mass is 385 g/mol. The summed E-state index contributed by atoms with van der Waals surface area (Å²) in [5, 5.41) is 13.5. The Labute approximate surface area is 161 Å². The molecule has 1 atom stereocenters. The van der Waals surface area contributed by atoms with Gasteiger partial charge in [-0.25, -0.2) is 0 Å². The van der Waals surface area contributed by atoms with Gasteiger partial charge in [0.25, 0.3) is 5.69 Å². The number of nitro groups is 1. The predicted molar refractivity (Wildman–Crippen MR) is 102 cm³/mol. The molecular weight excluding hydrogens is 366 g/mol. The fourth-order valence-electron chi connectivity index (χ4n) is 3.03. The van der Waals surface area contributed by atoms with E-state index in [2.05, 4.69) is 5.32 Å². The molecule has 0 bridgehead atoms. The van der Waals surface area contributed by atoms with E-state index in [9.17, 15) is 19.7 Å². The molecule has 0 aliphatic carbocycles. The molecular formula is C19H19N3O6. The number of carbonyl (C=O) groups is 2. The molecule has 2 aromatic carbocycles. The van der Waals surface area contributed by atoms with Gasteiger partial charge in [-0.3, -0.25) is 19.7 Å². The maximum absolute atomic E-state index is 12.7. The zero-order valence-corrected chi connectivity index (χ0v) is 15.4. The molecule has 1 aliphatic heterocycles. The Balaban J connectivity index is 1.72. The SMILES string of the molecule is COc1ccc(OC)c(NC(=O)[C@@H]2CC(=O)N(c3ccc([N+](=O)[O-])cc3)C2)c1. The number of amides is 2. The van der Waals surface area contributed by atoms with E-state index in [1.807, 2.05) is 0 Å². The third-order valence-electron chi connectivity index (χ3n) is 4.53. The molecule has 0 radical (unpaired) electrons. The number of methoxy groups -OCH3 is 2. The standard InChI is InChI=1S/C19H19N3O6/c1-27-15-7-8-17(28-2)16(10-15)20-19(24)12-9-18(23)21(11-12)13-3-5-14(6-4-13)22(25)26/h3-8,10,12H,9,11H2,1-2H3,(H,20,24)/t12-/m1/s1. The lowest BCUT2D eigenvalue weighted by Crippen LogP contribution is -2.28. The van der Waals surface area contributed by atoms with Crippen LogP contribution in [0.15, 0.2) is 42.5 Å². The van der Waals surface area contributed by atoms with Gasteiger partial charge in [-0.1, -0.05) is 0 Å². The van der Waals surface area contributed by atoms with Crippen LogP contribution in [0.4, 0.5) is 17.1 Å². The van der Waals surface area contributed by atoms with Crippen LogP contribution in [0, 0.1) is 16.0 Å². The smallest absolute Gasteiger partial charge is 0.269 e. The summed E-state index contributed by atoms with van der Waals surface area (Å²) in [6, 6.07) is 10.7. The number of benzene rings is 2. The van der Waals surface area contributed by atoms with E-state index in [4.69, 9.17) is 9.47 Å². The number of carbonyl (C=O) groups excluding carboxylic acids is 2. The first-order valence-electron chi connectivity index (χ1n) is 8.50. The van der Waals surface area contributed by atoms with E-state index in [-0.39, 0.29) is 30.5 Å². The number of hydrogen-bond donors (Lipinski definition) is 1. The molecule has 2 amide bonds. The van der Waals surface area contributed by atoms with Gasteiger partial charge in [0.05, 0.1) is 30.7 Å². The van der Waals surface area contributed by atoms with Gasteiger partial charge in [0.15, 0.2) is 0 Å². The van der Waals surface area contributed by atoms with Crippen LogP contribution >= 0.6 is 0 Å². The van der Waals surface area contributed by atoms with Crippen LogP contribution < -0.4 is 19.7 Å². The third kappa shape index (κ3) is 3.88. The second-order valence-electron chi connectivity index (χ2n) is 6.23. The highest BCUT2D eigenvalue weighted by Gasteiger charge is 2.35. The second-order valence-corrected chi connectivity index (χ2v) is 6.23. The van der Waals surface area contributed by atoms with Crippen molar-refractivity contribution >= 4 is 28.9 Å². The molecule has 0 spiro atoms. The number of ether oxygens (including phenoxy) is 2. The van der Waals surface area contributed by atoms with Crippen molar-refractivity contribution in [1.82, 2.24) is 0 Å². The third-order valence-corrected chi connectivity index (χ3v) is 4.53. The van der Waals surface area contributed by atoms with E-state index in [0.29, 0.717) is 22.9 Å². The van der Waals surface area contributed by atoms with Gasteiger partial charge in [0, 0.05) is 36.9 Å². The maximum atomic E-state index is 12.7. The number of nitrogens with zero attached hydrogens (tertiary/aromatic N) is 2. The van der Waals surface area contributed by atoms with E-state index in [1.54, 1.807) is 18.2 Å². The number of nitro benzene ring substituents is 1. The molecule has 146 valence electrons. The molecule has 1 fully saturated rings. The molecule has 1 saturated heterocycles. The fraction of sp³-hybridized carbons (Fsp3) is 0.263. The van der Waals surface area contributed by atoms with Gasteiger partial charge in [-0.15, -0.1) is 0 Å². The van der Waals surface area contributed by atoms with Gasteiger partial charge < -0.3 is 19.7 Å². The average molecular weight is 385 g/mol. The first-order chi connectivity index (χ1) is 13.4. The lowest BCUT2D eigenvalue weighted by atomic mass is 10.1. The zero-order chi connectivity index (χ0) is 20.3. The minimum Gasteiger partial charge on any atom is -0.497 e. The van der Waals surface area contributed by atoms with E-state index in [0.717, 1.165) is 0 Å². The molecule has 0 aromatic heterocycles. The van der Waals surface area contributed by atoms with Crippen molar-refractivity contribution in [2.24, 2.45) is 5.92 Å². The van der Waals surface area contributed by atoms with Crippen molar-refractivity contribution in [2.45, 2.75) is 6.42 Å². The Morgan fingerprint density at radius 2 is 1.89 bits per heavy atom. The summed E-state index contributed by atoms with van der Waals surface area (Å²) in [6.45, 7) is 0.189. The predicted octanol–water partition coefficient (Wildman–Crippen LogP) is 2.60. The lowest BCUT2D eigenvalue weighted by molar-refractivity contribution is -0.384. The summed E-state index contributed by atoms with van der Waals surface area (Å²) in [5.41, 5.74) is 0.910. The normalized spacial score (nSPS) is 16.0. The van der Waals surface area contributed by atoms with E-state index < -0.39 is 10.8 Å². The highest BCUT2D eigenvalue weighted by Crippen LogP contribution is 2.31. The number of hydrogen-bond acceptors (Lipinski definition) is 6. The Morgan fingerprint density at radius 1 is 1.18 bits per heavy atom. The molecule has 3 rings (SSSR count). The second kappa shape index (κ2) is 7.95. The number of rotatable bonds is 6. The minimum atomic E-state index is -0.557. The van der Waals surface area contributed by atoms with Gasteiger partial charge in [0.2, 0.25) is 11.8 Å². The van der Waals surface area contributed by atoms with Crippen LogP contribution in [-0.2, 0) is 9.59 Å². The summed E-state index contributed by atoms with van der Waals surface area (Å²) in [4.78, 5) is 36.7. The van der Waals surface area contributed by atoms with Crippen molar-refractivity contribution in [2.75, 3.05) is 31.0 Å². The molecule has 9 nitrogen and oxygen atoms in total. The highest BCUT2D eigenvalue weighted by molar-refractivity contribution is 6.04. The Kier molecular flexibility index (Phi) is 5.44. The largest absolute Gasteiger partial charge is 0.497 e. The molecule has 0 saturated carbocycles. The number of anilines is 2. The van der Waals surface area contributed by atoms with Gasteiger partial charge in [-0.05, 0) is 24.3 Å². The Morgan fingerprint density at radius 3 is 2.50 bits per heavy atom. The van der Waals surface area contributed by atoms with Crippen LogP contribution in [0.2, 0.25) is 0 Å². The Bertz CT molecular complexity index is 912. The highest BCUT2D eigenvalue weighted by atomic mass is 16.6. The van der Waals surface area contributed by atoms with Crippen LogP contribution in [0.1, 0.15) is 6.42 Å². The van der Waals surface area contributed by atoms with Gasteiger partial charge in [0.1, 0.15) is 11.5 Å². The lowest BCUT2D eigenvalue weighted by Gasteiger charge is -2.17. The molecule has 1 N–H and O–H groups in total. The fourth-order valence-corrected chi connectivity index (χ4v) is 3.03. The van der Waals surface area contributed by atoms with Crippen molar-refractivity contribution in [1.29, 1.82) is 0 Å². The van der Waals surface area contributed by atoms with Crippen molar-refractivity contribution in [3.05, 3.63) is 52.6 Å². The number of nitrogens with one attached hydrogen (secondary N) is 1. The molecule has 28 heavy (non-hydrogen) atoms. The topological polar surface area (TPSA) is 111 Å². The quantitative estimate of drug-likeness (QED) is 0.604. The summed E-state index contributed by atoms with van der Waals surface area (Å²) >= 11 is 0. The van der Waals surface area contributed by atoms with Crippen molar-refractivity contribution in [3.63, 3.8) is 0 Å². The maximum Gasteiger partial charge on any atom is 0.269 e. The summed E-state index contributed by atoms with van der Waals surface area (Å²) in [7, 11) is 3.01. The Hall–Kier alpha value is -3.62. The first-order valence-corrected chi connectivity index (χ1v) is 8.50. The van der Waals surface area contributed by atoms with Crippen LogP contribution in [0.5, 0.6) is 11.5 Å². The summed E-state index contributed by atoms with van der Waals surface area (Å²) in [6.07, 6.45) is 0.0507. The van der Waals surface area contributed by atoms with Crippen LogP contribution in [-0.4, -0.2) is 37.5 Å². The average Bonchev–Trinajstić information content (AvgIpc) is 3.09. The van der Waals surface area contributed by atoms with Gasteiger partial charge >= 0.3 is 0 Å². The van der Waals surface area contributed by atoms with E-state index in [1.165, 1.54) is 43.4 Å². The van der Waals surface area contributed by atoms with E-state index >= 15 is 0 Å². The van der Waals surface area contributed by atoms with Crippen molar-refractivity contribution < 1.29 is 24.0 Å². The minimum absolute atomic E-state index is 0.0507. The molecule has 9 heteroatoms. The first kappa shape index (κ1) is 19.2. The zero-order valence-electron chi connectivity index (χ0n) is 15.4. The molecule has 1 aliphatic rings. The van der Waals surface area contributed by atoms with Crippen LogP contribution in [0.3, 0.4) is 0 Å². The molecule has 0 unspecified atom stereocenters. The summed E-state index contributed by atoms with van der Waals surface area (Å²) in [5.74, 6) is -0.0497. The summed E-state index contributed by atoms with van der Waals surface area (Å²) < 4.78 is 10.4. The van der Waals surface area contributed by atoms with Crippen molar-refractivity contribution in [3.8, 4) is 11.5 Å². The van der Waals surface area contributed by atoms with Gasteiger partial charge in [-0.2, -0.15) is 0 Å². The molecule has 1 heterocycles.